The SMILES string of the molecule is CC(C)OC(=O)C(O)CC(N)c1ccccc1. The van der Waals surface area contributed by atoms with Gasteiger partial charge >= 0.3 is 5.97 Å². The van der Waals surface area contributed by atoms with E-state index in [1.807, 2.05) is 30.3 Å². The number of benzene rings is 1. The van der Waals surface area contributed by atoms with Gasteiger partial charge in [0.25, 0.3) is 0 Å². The number of carbonyl (C=O) groups is 1. The lowest BCUT2D eigenvalue weighted by Gasteiger charge is -2.17. The second kappa shape index (κ2) is 6.37. The van der Waals surface area contributed by atoms with E-state index in [-0.39, 0.29) is 18.6 Å². The number of rotatable bonds is 5. The van der Waals surface area contributed by atoms with Gasteiger partial charge in [-0.2, -0.15) is 0 Å². The number of nitrogens with two attached hydrogens (primary N) is 1. The zero-order valence-corrected chi connectivity index (χ0v) is 10.2. The largest absolute Gasteiger partial charge is 0.461 e. The highest BCUT2D eigenvalue weighted by molar-refractivity contribution is 5.74. The Labute approximate surface area is 101 Å². The number of aliphatic hydroxyl groups excluding tert-OH is 1. The molecular weight excluding hydrogens is 218 g/mol. The fourth-order valence-corrected chi connectivity index (χ4v) is 1.48. The maximum absolute atomic E-state index is 11.4. The van der Waals surface area contributed by atoms with E-state index in [9.17, 15) is 9.90 Å². The Morgan fingerprint density at radius 2 is 1.94 bits per heavy atom. The first kappa shape index (κ1) is 13.7. The van der Waals surface area contributed by atoms with E-state index in [0.717, 1.165) is 5.56 Å². The van der Waals surface area contributed by atoms with Gasteiger partial charge in [-0.15, -0.1) is 0 Å². The van der Waals surface area contributed by atoms with Gasteiger partial charge in [0.15, 0.2) is 6.10 Å². The van der Waals surface area contributed by atoms with Crippen molar-refractivity contribution in [2.45, 2.75) is 38.5 Å². The third kappa shape index (κ3) is 4.54. The van der Waals surface area contributed by atoms with E-state index >= 15 is 0 Å². The van der Waals surface area contributed by atoms with Gasteiger partial charge in [-0.05, 0) is 19.4 Å². The molecule has 94 valence electrons. The molecule has 0 aliphatic heterocycles. The molecule has 1 aromatic carbocycles. The Kier molecular flexibility index (Phi) is 5.12. The van der Waals surface area contributed by atoms with E-state index in [0.29, 0.717) is 0 Å². The molecule has 3 N–H and O–H groups in total. The fourth-order valence-electron chi connectivity index (χ4n) is 1.48. The Morgan fingerprint density at radius 3 is 2.47 bits per heavy atom. The quantitative estimate of drug-likeness (QED) is 0.759. The molecule has 0 radical (unpaired) electrons. The van der Waals surface area contributed by atoms with Gasteiger partial charge in [0.05, 0.1) is 6.10 Å². The molecule has 0 amide bonds. The molecular formula is C13H19NO3. The van der Waals surface area contributed by atoms with Crippen molar-refractivity contribution in [3.63, 3.8) is 0 Å². The minimum absolute atomic E-state index is 0.162. The third-order valence-corrected chi connectivity index (χ3v) is 2.33. The maximum Gasteiger partial charge on any atom is 0.335 e. The smallest absolute Gasteiger partial charge is 0.335 e. The summed E-state index contributed by atoms with van der Waals surface area (Å²) in [7, 11) is 0. The molecule has 4 heteroatoms. The average molecular weight is 237 g/mol. The van der Waals surface area contributed by atoms with Gasteiger partial charge in [-0.1, -0.05) is 30.3 Å². The van der Waals surface area contributed by atoms with Crippen LogP contribution in [0.5, 0.6) is 0 Å². The van der Waals surface area contributed by atoms with Crippen molar-refractivity contribution in [3.05, 3.63) is 35.9 Å². The number of esters is 1. The van der Waals surface area contributed by atoms with Gasteiger partial charge in [-0.3, -0.25) is 0 Å². The van der Waals surface area contributed by atoms with Crippen LogP contribution in [0.2, 0.25) is 0 Å². The van der Waals surface area contributed by atoms with Crippen molar-refractivity contribution in [2.24, 2.45) is 5.73 Å². The molecule has 0 bridgehead atoms. The monoisotopic (exact) mass is 237 g/mol. The van der Waals surface area contributed by atoms with Gasteiger partial charge in [-0.25, -0.2) is 4.79 Å². The number of ether oxygens (including phenoxy) is 1. The van der Waals surface area contributed by atoms with E-state index in [1.165, 1.54) is 0 Å². The summed E-state index contributed by atoms with van der Waals surface area (Å²) in [5.74, 6) is -0.619. The number of aliphatic hydroxyl groups is 1. The molecule has 1 rings (SSSR count). The molecule has 0 fully saturated rings. The summed E-state index contributed by atoms with van der Waals surface area (Å²) < 4.78 is 4.90. The number of carbonyl (C=O) groups excluding carboxylic acids is 1. The molecule has 4 nitrogen and oxygen atoms in total. The second-order valence-corrected chi connectivity index (χ2v) is 4.25. The Morgan fingerprint density at radius 1 is 1.35 bits per heavy atom. The van der Waals surface area contributed by atoms with Gasteiger partial charge in [0.1, 0.15) is 0 Å². The molecule has 0 saturated carbocycles. The van der Waals surface area contributed by atoms with E-state index < -0.39 is 12.1 Å². The maximum atomic E-state index is 11.4. The average Bonchev–Trinajstić information content (AvgIpc) is 2.29. The summed E-state index contributed by atoms with van der Waals surface area (Å²) in [6, 6.07) is 8.99. The lowest BCUT2D eigenvalue weighted by Crippen LogP contribution is -2.29. The first-order chi connectivity index (χ1) is 8.00. The Hall–Kier alpha value is -1.39. The van der Waals surface area contributed by atoms with Crippen molar-refractivity contribution >= 4 is 5.97 Å². The van der Waals surface area contributed by atoms with Crippen molar-refractivity contribution in [1.29, 1.82) is 0 Å². The summed E-state index contributed by atoms with van der Waals surface area (Å²) >= 11 is 0. The van der Waals surface area contributed by atoms with Crippen LogP contribution >= 0.6 is 0 Å². The zero-order valence-electron chi connectivity index (χ0n) is 10.2. The van der Waals surface area contributed by atoms with Crippen LogP contribution in [0.4, 0.5) is 0 Å². The van der Waals surface area contributed by atoms with Crippen LogP contribution in [0.25, 0.3) is 0 Å². The Balaban J connectivity index is 2.51. The summed E-state index contributed by atoms with van der Waals surface area (Å²) in [4.78, 5) is 11.4. The van der Waals surface area contributed by atoms with Crippen LogP contribution in [0, 0.1) is 0 Å². The van der Waals surface area contributed by atoms with Crippen LogP contribution in [-0.4, -0.2) is 23.3 Å². The zero-order chi connectivity index (χ0) is 12.8. The molecule has 2 unspecified atom stereocenters. The molecule has 0 aliphatic rings. The van der Waals surface area contributed by atoms with Gasteiger partial charge in [0.2, 0.25) is 0 Å². The van der Waals surface area contributed by atoms with Crippen LogP contribution in [-0.2, 0) is 9.53 Å². The molecule has 0 aliphatic carbocycles. The molecule has 0 saturated heterocycles. The number of hydrogen-bond acceptors (Lipinski definition) is 4. The van der Waals surface area contributed by atoms with Crippen LogP contribution in [0.1, 0.15) is 31.9 Å². The highest BCUT2D eigenvalue weighted by atomic mass is 16.6. The molecule has 0 aromatic heterocycles. The van der Waals surface area contributed by atoms with Crippen molar-refractivity contribution < 1.29 is 14.6 Å². The van der Waals surface area contributed by atoms with E-state index in [4.69, 9.17) is 10.5 Å². The Bertz CT molecular complexity index is 351. The minimum Gasteiger partial charge on any atom is -0.461 e. The standard InChI is InChI=1S/C13H19NO3/c1-9(2)17-13(16)12(15)8-11(14)10-6-4-3-5-7-10/h3-7,9,11-12,15H,8,14H2,1-2H3. The van der Waals surface area contributed by atoms with Crippen molar-refractivity contribution in [2.75, 3.05) is 0 Å². The fraction of sp³-hybridized carbons (Fsp3) is 0.462. The summed E-state index contributed by atoms with van der Waals surface area (Å²) in [5, 5.41) is 9.64. The van der Waals surface area contributed by atoms with Crippen LogP contribution in [0.15, 0.2) is 30.3 Å². The third-order valence-electron chi connectivity index (χ3n) is 2.33. The van der Waals surface area contributed by atoms with E-state index in [1.54, 1.807) is 13.8 Å². The van der Waals surface area contributed by atoms with E-state index in [2.05, 4.69) is 0 Å². The molecule has 17 heavy (non-hydrogen) atoms. The predicted octanol–water partition coefficient (Wildman–Crippen LogP) is 1.39. The summed E-state index contributed by atoms with van der Waals surface area (Å²) in [6.45, 7) is 3.48. The summed E-state index contributed by atoms with van der Waals surface area (Å²) in [6.07, 6.45) is -1.24. The lowest BCUT2D eigenvalue weighted by molar-refractivity contribution is -0.158. The van der Waals surface area contributed by atoms with Crippen LogP contribution < -0.4 is 5.73 Å². The highest BCUT2D eigenvalue weighted by Crippen LogP contribution is 2.16. The second-order valence-electron chi connectivity index (χ2n) is 4.25. The normalized spacial score (nSPS) is 14.4. The lowest BCUT2D eigenvalue weighted by atomic mass is 10.0. The molecule has 0 spiro atoms. The highest BCUT2D eigenvalue weighted by Gasteiger charge is 2.21. The van der Waals surface area contributed by atoms with Crippen molar-refractivity contribution in [1.82, 2.24) is 0 Å². The van der Waals surface area contributed by atoms with Gasteiger partial charge in [0, 0.05) is 12.5 Å². The van der Waals surface area contributed by atoms with Crippen LogP contribution in [0.3, 0.4) is 0 Å². The van der Waals surface area contributed by atoms with Crippen molar-refractivity contribution in [3.8, 4) is 0 Å². The minimum atomic E-state index is -1.17. The predicted molar refractivity (Wildman–Crippen MR) is 65.2 cm³/mol. The first-order valence-corrected chi connectivity index (χ1v) is 5.69. The van der Waals surface area contributed by atoms with Gasteiger partial charge < -0.3 is 15.6 Å². The first-order valence-electron chi connectivity index (χ1n) is 5.69. The summed E-state index contributed by atoms with van der Waals surface area (Å²) in [5.41, 5.74) is 6.79. The molecule has 0 heterocycles. The molecule has 1 aromatic rings. The molecule has 2 atom stereocenters. The number of hydrogen-bond donors (Lipinski definition) is 2. The topological polar surface area (TPSA) is 72.5 Å².